The van der Waals surface area contributed by atoms with Gasteiger partial charge < -0.3 is 4.74 Å². The Morgan fingerprint density at radius 2 is 1.63 bits per heavy atom. The Labute approximate surface area is 157 Å². The molecule has 3 aliphatic rings. The zero-order valence-corrected chi connectivity index (χ0v) is 15.3. The summed E-state index contributed by atoms with van der Waals surface area (Å²) in [6.07, 6.45) is 2.97. The topological polar surface area (TPSA) is 80.8 Å². The smallest absolute Gasteiger partial charge is 0.308 e. The fraction of sp³-hybridized carbons (Fsp3) is 0.524. The second kappa shape index (κ2) is 6.91. The summed E-state index contributed by atoms with van der Waals surface area (Å²) >= 11 is 0. The van der Waals surface area contributed by atoms with Crippen molar-refractivity contribution in [2.75, 3.05) is 13.2 Å². The van der Waals surface area contributed by atoms with Crippen LogP contribution >= 0.6 is 0 Å². The van der Waals surface area contributed by atoms with E-state index in [-0.39, 0.29) is 49.0 Å². The van der Waals surface area contributed by atoms with E-state index in [4.69, 9.17) is 4.74 Å². The lowest BCUT2D eigenvalue weighted by molar-refractivity contribution is -0.145. The molecule has 2 saturated carbocycles. The van der Waals surface area contributed by atoms with Crippen molar-refractivity contribution >= 4 is 23.6 Å². The number of amides is 2. The first-order valence-corrected chi connectivity index (χ1v) is 9.56. The first-order valence-electron chi connectivity index (χ1n) is 9.56. The standard InChI is InChI=1S/C21H23NO5/c1-12-2-4-13(5-3-12)16(23)11-27-17(24)8-9-22-20(25)18-14-6-7-15(10-14)19(18)21(22)26/h2-5,14-15,18-19H,6-11H2,1H3/t14-,15-,18-,19+/m0/s1. The molecule has 0 unspecified atom stereocenters. The second-order valence-electron chi connectivity index (χ2n) is 7.91. The molecule has 0 aromatic heterocycles. The van der Waals surface area contributed by atoms with Crippen LogP contribution < -0.4 is 0 Å². The number of ketones is 1. The molecule has 4 atom stereocenters. The molecule has 2 amide bonds. The maximum absolute atomic E-state index is 12.6. The number of esters is 1. The van der Waals surface area contributed by atoms with Gasteiger partial charge in [0.15, 0.2) is 12.4 Å². The van der Waals surface area contributed by atoms with Crippen LogP contribution in [0.1, 0.15) is 41.6 Å². The first-order chi connectivity index (χ1) is 13.0. The maximum atomic E-state index is 12.6. The number of Topliss-reactive ketones (excluding diaryl/α,β-unsaturated/α-hetero) is 1. The molecule has 6 nitrogen and oxygen atoms in total. The molecule has 1 heterocycles. The van der Waals surface area contributed by atoms with Crippen molar-refractivity contribution < 1.29 is 23.9 Å². The van der Waals surface area contributed by atoms with Gasteiger partial charge in [-0.25, -0.2) is 0 Å². The lowest BCUT2D eigenvalue weighted by Gasteiger charge is -2.19. The van der Waals surface area contributed by atoms with Gasteiger partial charge in [0.2, 0.25) is 11.8 Å². The fourth-order valence-electron chi connectivity index (χ4n) is 4.93. The molecular weight excluding hydrogens is 346 g/mol. The molecule has 6 heteroatoms. The van der Waals surface area contributed by atoms with Gasteiger partial charge in [0.25, 0.3) is 0 Å². The first kappa shape index (κ1) is 17.9. The van der Waals surface area contributed by atoms with E-state index in [0.29, 0.717) is 17.4 Å². The predicted molar refractivity (Wildman–Crippen MR) is 95.6 cm³/mol. The van der Waals surface area contributed by atoms with Crippen molar-refractivity contribution in [3.05, 3.63) is 35.4 Å². The Balaban J connectivity index is 1.27. The van der Waals surface area contributed by atoms with Crippen molar-refractivity contribution in [3.8, 4) is 0 Å². The molecule has 0 radical (unpaired) electrons. The van der Waals surface area contributed by atoms with E-state index < -0.39 is 5.97 Å². The molecule has 1 aromatic rings. The number of fused-ring (bicyclic) bond motifs is 5. The number of rotatable bonds is 6. The Bertz CT molecular complexity index is 771. The normalized spacial score (nSPS) is 28.6. The zero-order valence-electron chi connectivity index (χ0n) is 15.3. The Hall–Kier alpha value is -2.50. The molecule has 0 N–H and O–H groups in total. The van der Waals surface area contributed by atoms with Gasteiger partial charge in [0.05, 0.1) is 18.3 Å². The molecule has 27 heavy (non-hydrogen) atoms. The summed E-state index contributed by atoms with van der Waals surface area (Å²) in [5.41, 5.74) is 1.53. The number of hydrogen-bond acceptors (Lipinski definition) is 5. The molecule has 1 saturated heterocycles. The van der Waals surface area contributed by atoms with Crippen LogP contribution in [0.2, 0.25) is 0 Å². The lowest BCUT2D eigenvalue weighted by atomic mass is 9.81. The highest BCUT2D eigenvalue weighted by Crippen LogP contribution is 2.56. The molecule has 142 valence electrons. The van der Waals surface area contributed by atoms with E-state index in [9.17, 15) is 19.2 Å². The number of carbonyl (C=O) groups excluding carboxylic acids is 4. The summed E-state index contributed by atoms with van der Waals surface area (Å²) in [7, 11) is 0. The summed E-state index contributed by atoms with van der Waals surface area (Å²) < 4.78 is 5.03. The number of aryl methyl sites for hydroxylation is 1. The second-order valence-corrected chi connectivity index (χ2v) is 7.91. The van der Waals surface area contributed by atoms with E-state index >= 15 is 0 Å². The monoisotopic (exact) mass is 369 g/mol. The van der Waals surface area contributed by atoms with Crippen LogP contribution in [0.4, 0.5) is 0 Å². The average molecular weight is 369 g/mol. The van der Waals surface area contributed by atoms with Crippen molar-refractivity contribution in [2.24, 2.45) is 23.7 Å². The predicted octanol–water partition coefficient (Wildman–Crippen LogP) is 2.14. The molecular formula is C21H23NO5. The average Bonchev–Trinajstić information content (AvgIpc) is 3.33. The third-order valence-corrected chi connectivity index (χ3v) is 6.30. The van der Waals surface area contributed by atoms with Gasteiger partial charge in [0, 0.05) is 12.1 Å². The van der Waals surface area contributed by atoms with Crippen LogP contribution in [0, 0.1) is 30.6 Å². The minimum atomic E-state index is -0.573. The number of benzene rings is 1. The summed E-state index contributed by atoms with van der Waals surface area (Å²) in [4.78, 5) is 50.4. The van der Waals surface area contributed by atoms with Gasteiger partial charge in [-0.2, -0.15) is 0 Å². The molecule has 1 aliphatic heterocycles. The van der Waals surface area contributed by atoms with Gasteiger partial charge in [-0.1, -0.05) is 29.8 Å². The molecule has 0 spiro atoms. The Kier molecular flexibility index (Phi) is 4.58. The largest absolute Gasteiger partial charge is 0.457 e. The van der Waals surface area contributed by atoms with Crippen LogP contribution in [-0.2, 0) is 19.1 Å². The van der Waals surface area contributed by atoms with Gasteiger partial charge in [-0.3, -0.25) is 24.1 Å². The highest BCUT2D eigenvalue weighted by Gasteiger charge is 2.60. The lowest BCUT2D eigenvalue weighted by Crippen LogP contribution is -2.35. The van der Waals surface area contributed by atoms with Crippen LogP contribution in [-0.4, -0.2) is 41.6 Å². The number of nitrogens with zero attached hydrogens (tertiary/aromatic N) is 1. The number of hydrogen-bond donors (Lipinski definition) is 0. The van der Waals surface area contributed by atoms with Crippen LogP contribution in [0.15, 0.2) is 24.3 Å². The number of carbonyl (C=O) groups is 4. The van der Waals surface area contributed by atoms with Crippen molar-refractivity contribution in [2.45, 2.75) is 32.6 Å². The van der Waals surface area contributed by atoms with Crippen molar-refractivity contribution in [1.82, 2.24) is 4.90 Å². The maximum Gasteiger partial charge on any atom is 0.308 e. The summed E-state index contributed by atoms with van der Waals surface area (Å²) in [6, 6.07) is 7.04. The quantitative estimate of drug-likeness (QED) is 0.436. The summed E-state index contributed by atoms with van der Waals surface area (Å²) in [6.45, 7) is 1.63. The van der Waals surface area contributed by atoms with E-state index in [2.05, 4.69) is 0 Å². The van der Waals surface area contributed by atoms with Crippen LogP contribution in [0.5, 0.6) is 0 Å². The van der Waals surface area contributed by atoms with Crippen LogP contribution in [0.25, 0.3) is 0 Å². The van der Waals surface area contributed by atoms with E-state index in [1.54, 1.807) is 12.1 Å². The van der Waals surface area contributed by atoms with E-state index in [1.165, 1.54) is 4.90 Å². The zero-order chi connectivity index (χ0) is 19.1. The summed E-state index contributed by atoms with van der Waals surface area (Å²) in [5, 5.41) is 0. The molecule has 4 rings (SSSR count). The van der Waals surface area contributed by atoms with Gasteiger partial charge >= 0.3 is 5.97 Å². The highest BCUT2D eigenvalue weighted by molar-refractivity contribution is 6.06. The molecule has 3 fully saturated rings. The fourth-order valence-corrected chi connectivity index (χ4v) is 4.93. The Morgan fingerprint density at radius 3 is 2.22 bits per heavy atom. The minimum Gasteiger partial charge on any atom is -0.457 e. The third-order valence-electron chi connectivity index (χ3n) is 6.30. The third kappa shape index (κ3) is 3.17. The van der Waals surface area contributed by atoms with Gasteiger partial charge in [-0.05, 0) is 38.0 Å². The number of ether oxygens (including phenoxy) is 1. The van der Waals surface area contributed by atoms with Crippen LogP contribution in [0.3, 0.4) is 0 Å². The van der Waals surface area contributed by atoms with Crippen molar-refractivity contribution in [3.63, 3.8) is 0 Å². The van der Waals surface area contributed by atoms with Gasteiger partial charge in [-0.15, -0.1) is 0 Å². The molecule has 2 aliphatic carbocycles. The molecule has 1 aromatic carbocycles. The molecule has 2 bridgehead atoms. The van der Waals surface area contributed by atoms with E-state index in [1.807, 2.05) is 19.1 Å². The number of imide groups is 1. The minimum absolute atomic E-state index is 0.0433. The number of likely N-dealkylation sites (tertiary alicyclic amines) is 1. The Morgan fingerprint density at radius 1 is 1.04 bits per heavy atom. The van der Waals surface area contributed by atoms with Crippen molar-refractivity contribution in [1.29, 1.82) is 0 Å². The summed E-state index contributed by atoms with van der Waals surface area (Å²) in [5.74, 6) is -0.771. The van der Waals surface area contributed by atoms with E-state index in [0.717, 1.165) is 24.8 Å². The highest BCUT2D eigenvalue weighted by atomic mass is 16.5. The van der Waals surface area contributed by atoms with Gasteiger partial charge in [0.1, 0.15) is 0 Å². The SMILES string of the molecule is Cc1ccc(C(=O)COC(=O)CCN2C(=O)[C@@H]3[C@H]4CC[C@@H](C4)[C@@H]3C2=O)cc1.